The highest BCUT2D eigenvalue weighted by Gasteiger charge is 2.16. The van der Waals surface area contributed by atoms with Gasteiger partial charge in [0.15, 0.2) is 5.84 Å². The minimum atomic E-state index is -3.96. The lowest BCUT2D eigenvalue weighted by Gasteiger charge is -2.10. The van der Waals surface area contributed by atoms with Crippen LogP contribution in [0.15, 0.2) is 94.2 Å². The summed E-state index contributed by atoms with van der Waals surface area (Å²) in [7, 11) is -3.96. The lowest BCUT2D eigenvalue weighted by Crippen LogP contribution is -2.16. The predicted molar refractivity (Wildman–Crippen MR) is 103 cm³/mol. The Morgan fingerprint density at radius 2 is 1.41 bits per heavy atom. The summed E-state index contributed by atoms with van der Waals surface area (Å²) in [4.78, 5) is 10.4. The summed E-state index contributed by atoms with van der Waals surface area (Å²) in [5.74, 6) is 0.0694. The number of rotatable bonds is 5. The molecule has 0 aliphatic rings. The topological polar surface area (TPSA) is 102 Å². The van der Waals surface area contributed by atoms with Crippen LogP contribution in [0.25, 0.3) is 0 Å². The number of para-hydroxylation sites is 1. The third-order valence-corrected chi connectivity index (χ3v) is 4.93. The SMILES string of the molecule is O=[N+]([O-])c1ccc(C(=NS(=O)(=O)c2ccccc2)Nc2ccccc2)cc1. The molecule has 0 unspecified atom stereocenters. The highest BCUT2D eigenvalue weighted by molar-refractivity contribution is 7.90. The molecule has 0 aromatic heterocycles. The van der Waals surface area contributed by atoms with Crippen LogP contribution in [-0.4, -0.2) is 19.2 Å². The summed E-state index contributed by atoms with van der Waals surface area (Å²) in [5, 5.41) is 13.8. The molecule has 8 heteroatoms. The van der Waals surface area contributed by atoms with E-state index in [1.54, 1.807) is 42.5 Å². The second kappa shape index (κ2) is 7.79. The third-order valence-electron chi connectivity index (χ3n) is 3.64. The fourth-order valence-electron chi connectivity index (χ4n) is 2.31. The average Bonchev–Trinajstić information content (AvgIpc) is 2.69. The van der Waals surface area contributed by atoms with Crippen molar-refractivity contribution in [3.8, 4) is 0 Å². The molecule has 0 saturated carbocycles. The molecule has 0 bridgehead atoms. The quantitative estimate of drug-likeness (QED) is 0.313. The molecular weight excluding hydrogens is 366 g/mol. The van der Waals surface area contributed by atoms with Gasteiger partial charge in [-0.15, -0.1) is 4.40 Å². The van der Waals surface area contributed by atoms with Crippen LogP contribution in [0.5, 0.6) is 0 Å². The summed E-state index contributed by atoms with van der Waals surface area (Å²) in [6, 6.07) is 22.3. The first kappa shape index (κ1) is 18.3. The zero-order chi connectivity index (χ0) is 19.3. The average molecular weight is 381 g/mol. The van der Waals surface area contributed by atoms with E-state index in [0.717, 1.165) is 0 Å². The lowest BCUT2D eigenvalue weighted by molar-refractivity contribution is -0.384. The van der Waals surface area contributed by atoms with Gasteiger partial charge in [0.05, 0.1) is 9.82 Å². The van der Waals surface area contributed by atoms with Gasteiger partial charge in [0.2, 0.25) is 0 Å². The molecule has 1 N–H and O–H groups in total. The zero-order valence-electron chi connectivity index (χ0n) is 14.0. The maximum absolute atomic E-state index is 12.6. The van der Waals surface area contributed by atoms with Crippen LogP contribution in [0.1, 0.15) is 5.56 Å². The molecule has 0 aliphatic carbocycles. The minimum Gasteiger partial charge on any atom is -0.339 e. The van der Waals surface area contributed by atoms with Gasteiger partial charge in [-0.1, -0.05) is 36.4 Å². The number of anilines is 1. The van der Waals surface area contributed by atoms with E-state index in [0.29, 0.717) is 11.3 Å². The largest absolute Gasteiger partial charge is 0.339 e. The molecule has 0 aliphatic heterocycles. The van der Waals surface area contributed by atoms with E-state index >= 15 is 0 Å². The fourth-order valence-corrected chi connectivity index (χ4v) is 3.31. The third kappa shape index (κ3) is 4.56. The molecule has 7 nitrogen and oxygen atoms in total. The number of nitro benzene ring substituents is 1. The van der Waals surface area contributed by atoms with Crippen molar-refractivity contribution in [2.45, 2.75) is 4.90 Å². The summed E-state index contributed by atoms with van der Waals surface area (Å²) < 4.78 is 29.2. The van der Waals surface area contributed by atoms with E-state index in [9.17, 15) is 18.5 Å². The van der Waals surface area contributed by atoms with Crippen LogP contribution in [0.2, 0.25) is 0 Å². The number of nitrogens with one attached hydrogen (secondary N) is 1. The zero-order valence-corrected chi connectivity index (χ0v) is 14.8. The number of sulfonamides is 1. The Labute approximate surface area is 156 Å². The first-order valence-electron chi connectivity index (χ1n) is 7.93. The van der Waals surface area contributed by atoms with E-state index in [2.05, 4.69) is 9.71 Å². The summed E-state index contributed by atoms with van der Waals surface area (Å²) in [6.07, 6.45) is 0. The summed E-state index contributed by atoms with van der Waals surface area (Å²) >= 11 is 0. The van der Waals surface area contributed by atoms with E-state index in [1.807, 2.05) is 6.07 Å². The Morgan fingerprint density at radius 1 is 0.852 bits per heavy atom. The molecule has 27 heavy (non-hydrogen) atoms. The van der Waals surface area contributed by atoms with Crippen molar-refractivity contribution in [1.29, 1.82) is 0 Å². The second-order valence-electron chi connectivity index (χ2n) is 5.52. The molecule has 136 valence electrons. The van der Waals surface area contributed by atoms with Crippen molar-refractivity contribution >= 4 is 27.2 Å². The Morgan fingerprint density at radius 3 is 1.96 bits per heavy atom. The molecule has 0 heterocycles. The molecule has 0 radical (unpaired) electrons. The second-order valence-corrected chi connectivity index (χ2v) is 7.13. The minimum absolute atomic E-state index is 0.0549. The van der Waals surface area contributed by atoms with Gasteiger partial charge in [-0.25, -0.2) is 0 Å². The summed E-state index contributed by atoms with van der Waals surface area (Å²) in [6.45, 7) is 0. The molecule has 0 atom stereocenters. The van der Waals surface area contributed by atoms with E-state index in [-0.39, 0.29) is 16.4 Å². The monoisotopic (exact) mass is 381 g/mol. The van der Waals surface area contributed by atoms with Crippen LogP contribution >= 0.6 is 0 Å². The predicted octanol–water partition coefficient (Wildman–Crippen LogP) is 3.84. The van der Waals surface area contributed by atoms with Crippen LogP contribution in [-0.2, 0) is 10.0 Å². The summed E-state index contributed by atoms with van der Waals surface area (Å²) in [5.41, 5.74) is 0.950. The molecule has 0 saturated heterocycles. The van der Waals surface area contributed by atoms with Gasteiger partial charge in [-0.3, -0.25) is 10.1 Å². The smallest absolute Gasteiger partial charge is 0.284 e. The molecule has 0 fully saturated rings. The molecule has 0 amide bonds. The van der Waals surface area contributed by atoms with Gasteiger partial charge in [-0.05, 0) is 36.4 Å². The standard InChI is InChI=1S/C19H15N3O4S/c23-22(24)17-13-11-15(12-14-17)19(20-16-7-3-1-4-8-16)21-27(25,26)18-9-5-2-6-10-18/h1-14H,(H,20,21). The van der Waals surface area contributed by atoms with Gasteiger partial charge < -0.3 is 5.32 Å². The molecule has 3 aromatic rings. The van der Waals surface area contributed by atoms with Crippen molar-refractivity contribution in [3.63, 3.8) is 0 Å². The number of amidine groups is 1. The Kier molecular flexibility index (Phi) is 5.28. The number of hydrogen-bond donors (Lipinski definition) is 1. The van der Waals surface area contributed by atoms with E-state index < -0.39 is 14.9 Å². The number of non-ortho nitro benzene ring substituents is 1. The van der Waals surface area contributed by atoms with Crippen LogP contribution in [0.4, 0.5) is 11.4 Å². The van der Waals surface area contributed by atoms with Gasteiger partial charge in [0.25, 0.3) is 15.7 Å². The van der Waals surface area contributed by atoms with Crippen molar-refractivity contribution in [2.24, 2.45) is 4.40 Å². The number of nitrogens with zero attached hydrogens (tertiary/aromatic N) is 2. The Balaban J connectivity index is 2.05. The van der Waals surface area contributed by atoms with Crippen molar-refractivity contribution in [1.82, 2.24) is 0 Å². The number of nitro groups is 1. The number of hydrogen-bond acceptors (Lipinski definition) is 4. The first-order chi connectivity index (χ1) is 13.0. The van der Waals surface area contributed by atoms with Crippen LogP contribution in [0.3, 0.4) is 0 Å². The molecular formula is C19H15N3O4S. The Bertz CT molecular complexity index is 1060. The van der Waals surface area contributed by atoms with Gasteiger partial charge in [0.1, 0.15) is 0 Å². The van der Waals surface area contributed by atoms with Crippen LogP contribution in [0, 0.1) is 10.1 Å². The van der Waals surface area contributed by atoms with Crippen molar-refractivity contribution in [2.75, 3.05) is 5.32 Å². The molecule has 3 aromatic carbocycles. The lowest BCUT2D eigenvalue weighted by atomic mass is 10.2. The van der Waals surface area contributed by atoms with E-state index in [4.69, 9.17) is 0 Å². The normalized spacial score (nSPS) is 11.8. The maximum Gasteiger partial charge on any atom is 0.284 e. The highest BCUT2D eigenvalue weighted by atomic mass is 32.2. The van der Waals surface area contributed by atoms with Crippen molar-refractivity contribution in [3.05, 3.63) is 101 Å². The fraction of sp³-hybridized carbons (Fsp3) is 0. The van der Waals surface area contributed by atoms with Crippen molar-refractivity contribution < 1.29 is 13.3 Å². The highest BCUT2D eigenvalue weighted by Crippen LogP contribution is 2.18. The Hall–Kier alpha value is -3.52. The van der Waals surface area contributed by atoms with Crippen LogP contribution < -0.4 is 5.32 Å². The van der Waals surface area contributed by atoms with E-state index in [1.165, 1.54) is 36.4 Å². The van der Waals surface area contributed by atoms with Gasteiger partial charge in [-0.2, -0.15) is 8.42 Å². The first-order valence-corrected chi connectivity index (χ1v) is 9.37. The number of benzene rings is 3. The van der Waals surface area contributed by atoms with Gasteiger partial charge in [0, 0.05) is 23.4 Å². The molecule has 0 spiro atoms. The maximum atomic E-state index is 12.6. The van der Waals surface area contributed by atoms with Gasteiger partial charge >= 0.3 is 0 Å². The molecule has 3 rings (SSSR count).